The number of carboxylic acids is 1. The predicted molar refractivity (Wildman–Crippen MR) is 91.0 cm³/mol. The summed E-state index contributed by atoms with van der Waals surface area (Å²) >= 11 is 0. The first-order valence-electron chi connectivity index (χ1n) is 9.45. The van der Waals surface area contributed by atoms with Crippen molar-refractivity contribution in [3.63, 3.8) is 0 Å². The van der Waals surface area contributed by atoms with Crippen molar-refractivity contribution in [3.8, 4) is 0 Å². The number of carbonyl (C=O) groups is 1. The molecular formula is C19H35NO2. The Kier molecular flexibility index (Phi) is 6.31. The zero-order valence-corrected chi connectivity index (χ0v) is 14.7. The van der Waals surface area contributed by atoms with E-state index in [1.165, 1.54) is 64.2 Å². The Bertz CT molecular complexity index is 358. The second kappa shape index (κ2) is 7.81. The lowest BCUT2D eigenvalue weighted by Gasteiger charge is -2.47. The van der Waals surface area contributed by atoms with E-state index in [2.05, 4.69) is 12.2 Å². The molecule has 2 aliphatic carbocycles. The molecule has 0 spiro atoms. The molecule has 2 fully saturated rings. The van der Waals surface area contributed by atoms with E-state index in [1.54, 1.807) is 0 Å². The first-order chi connectivity index (χ1) is 10.4. The topological polar surface area (TPSA) is 49.3 Å². The molecule has 0 bridgehead atoms. The highest BCUT2D eigenvalue weighted by atomic mass is 16.4. The van der Waals surface area contributed by atoms with Crippen LogP contribution in [0.3, 0.4) is 0 Å². The van der Waals surface area contributed by atoms with Crippen molar-refractivity contribution in [2.24, 2.45) is 17.8 Å². The second-order valence-electron chi connectivity index (χ2n) is 8.24. The maximum Gasteiger partial charge on any atom is 0.320 e. The van der Waals surface area contributed by atoms with E-state index >= 15 is 0 Å². The third-order valence-electron chi connectivity index (χ3n) is 6.09. The van der Waals surface area contributed by atoms with Crippen molar-refractivity contribution in [2.75, 3.05) is 0 Å². The maximum atomic E-state index is 11.7. The minimum atomic E-state index is -0.678. The third-order valence-corrected chi connectivity index (χ3v) is 6.09. The minimum Gasteiger partial charge on any atom is -0.480 e. The normalized spacial score (nSPS) is 30.7. The highest BCUT2D eigenvalue weighted by molar-refractivity contribution is 5.73. The molecule has 128 valence electrons. The molecule has 3 unspecified atom stereocenters. The first-order valence-corrected chi connectivity index (χ1v) is 9.45. The van der Waals surface area contributed by atoms with Gasteiger partial charge in [0, 0.05) is 5.54 Å². The molecular weight excluding hydrogens is 274 g/mol. The fourth-order valence-electron chi connectivity index (χ4n) is 4.79. The summed E-state index contributed by atoms with van der Waals surface area (Å²) in [6.45, 7) is 6.42. The van der Waals surface area contributed by atoms with Gasteiger partial charge in [-0.05, 0) is 43.4 Å². The third kappa shape index (κ3) is 4.24. The van der Waals surface area contributed by atoms with E-state index in [0.29, 0.717) is 5.92 Å². The lowest BCUT2D eigenvalue weighted by atomic mass is 9.67. The van der Waals surface area contributed by atoms with Crippen LogP contribution >= 0.6 is 0 Å². The molecule has 0 aromatic heterocycles. The number of rotatable bonds is 5. The lowest BCUT2D eigenvalue weighted by Crippen LogP contribution is -2.59. The molecule has 0 aromatic carbocycles. The molecule has 2 N–H and O–H groups in total. The monoisotopic (exact) mass is 309 g/mol. The molecule has 0 aliphatic heterocycles. The van der Waals surface area contributed by atoms with Crippen LogP contribution in [-0.2, 0) is 4.79 Å². The summed E-state index contributed by atoms with van der Waals surface area (Å²) in [5.41, 5.74) is 0.0680. The first kappa shape index (κ1) is 17.8. The highest BCUT2D eigenvalue weighted by Crippen LogP contribution is 2.43. The SMILES string of the molecule is CC1CCCC(C2(NC(C(=O)O)C(C)C)CCCCCC2)C1. The van der Waals surface area contributed by atoms with E-state index < -0.39 is 12.0 Å². The fourth-order valence-corrected chi connectivity index (χ4v) is 4.79. The summed E-state index contributed by atoms with van der Waals surface area (Å²) in [6.07, 6.45) is 12.7. The van der Waals surface area contributed by atoms with Crippen LogP contribution in [0.25, 0.3) is 0 Å². The van der Waals surface area contributed by atoms with Crippen LogP contribution in [0.2, 0.25) is 0 Å². The van der Waals surface area contributed by atoms with E-state index in [0.717, 1.165) is 5.92 Å². The Hall–Kier alpha value is -0.570. The summed E-state index contributed by atoms with van der Waals surface area (Å²) in [5.74, 6) is 0.916. The maximum absolute atomic E-state index is 11.7. The van der Waals surface area contributed by atoms with Gasteiger partial charge < -0.3 is 5.11 Å². The molecule has 3 heteroatoms. The largest absolute Gasteiger partial charge is 0.480 e. The summed E-state index contributed by atoms with van der Waals surface area (Å²) in [5, 5.41) is 13.3. The molecule has 2 saturated carbocycles. The molecule has 0 aromatic rings. The van der Waals surface area contributed by atoms with Crippen LogP contribution in [0.1, 0.15) is 85.0 Å². The number of carboxylic acid groups (broad SMARTS) is 1. The molecule has 0 amide bonds. The number of hydrogen-bond donors (Lipinski definition) is 2. The van der Waals surface area contributed by atoms with Crippen LogP contribution in [0.15, 0.2) is 0 Å². The smallest absolute Gasteiger partial charge is 0.320 e. The summed E-state index contributed by atoms with van der Waals surface area (Å²) in [4.78, 5) is 11.7. The van der Waals surface area contributed by atoms with Gasteiger partial charge in [-0.25, -0.2) is 0 Å². The van der Waals surface area contributed by atoms with Crippen LogP contribution in [0.5, 0.6) is 0 Å². The van der Waals surface area contributed by atoms with Crippen LogP contribution < -0.4 is 5.32 Å². The van der Waals surface area contributed by atoms with Crippen molar-refractivity contribution < 1.29 is 9.90 Å². The molecule has 3 atom stereocenters. The number of hydrogen-bond acceptors (Lipinski definition) is 2. The van der Waals surface area contributed by atoms with E-state index in [1.807, 2.05) is 13.8 Å². The van der Waals surface area contributed by atoms with Crippen molar-refractivity contribution in [1.82, 2.24) is 5.32 Å². The van der Waals surface area contributed by atoms with Crippen molar-refractivity contribution in [3.05, 3.63) is 0 Å². The zero-order chi connectivity index (χ0) is 16.2. The van der Waals surface area contributed by atoms with E-state index in [9.17, 15) is 9.90 Å². The Labute approximate surface area is 136 Å². The lowest BCUT2D eigenvalue weighted by molar-refractivity contribution is -0.142. The number of aliphatic carboxylic acids is 1. The van der Waals surface area contributed by atoms with Gasteiger partial charge in [0.05, 0.1) is 0 Å². The average Bonchev–Trinajstić information content (AvgIpc) is 2.70. The van der Waals surface area contributed by atoms with Gasteiger partial charge in [-0.2, -0.15) is 0 Å². The highest BCUT2D eigenvalue weighted by Gasteiger charge is 2.43. The van der Waals surface area contributed by atoms with Crippen LogP contribution in [0, 0.1) is 17.8 Å². The summed E-state index contributed by atoms with van der Waals surface area (Å²) < 4.78 is 0. The predicted octanol–water partition coefficient (Wildman–Crippen LogP) is 4.60. The van der Waals surface area contributed by atoms with Gasteiger partial charge in [-0.1, -0.05) is 59.3 Å². The van der Waals surface area contributed by atoms with Crippen molar-refractivity contribution in [2.45, 2.75) is 96.6 Å². The zero-order valence-electron chi connectivity index (χ0n) is 14.7. The van der Waals surface area contributed by atoms with Crippen LogP contribution in [0.4, 0.5) is 0 Å². The minimum absolute atomic E-state index is 0.0680. The molecule has 0 saturated heterocycles. The number of nitrogens with one attached hydrogen (secondary N) is 1. The standard InChI is InChI=1S/C19H35NO2/c1-14(2)17(18(21)22)20-19(11-6-4-5-7-12-19)16-10-8-9-15(3)13-16/h14-17,20H,4-13H2,1-3H3,(H,21,22). The van der Waals surface area contributed by atoms with Gasteiger partial charge in [0.25, 0.3) is 0 Å². The molecule has 2 aliphatic rings. The average molecular weight is 309 g/mol. The second-order valence-corrected chi connectivity index (χ2v) is 8.24. The Morgan fingerprint density at radius 3 is 2.23 bits per heavy atom. The summed E-state index contributed by atoms with van der Waals surface area (Å²) in [6, 6.07) is -0.407. The molecule has 3 nitrogen and oxygen atoms in total. The van der Waals surface area contributed by atoms with E-state index in [4.69, 9.17) is 0 Å². The Morgan fingerprint density at radius 2 is 1.73 bits per heavy atom. The van der Waals surface area contributed by atoms with Crippen molar-refractivity contribution >= 4 is 5.97 Å². The Balaban J connectivity index is 2.21. The fraction of sp³-hybridized carbons (Fsp3) is 0.947. The van der Waals surface area contributed by atoms with Gasteiger partial charge in [-0.15, -0.1) is 0 Å². The molecule has 2 rings (SSSR count). The van der Waals surface area contributed by atoms with Gasteiger partial charge in [0.1, 0.15) is 6.04 Å². The van der Waals surface area contributed by atoms with Crippen LogP contribution in [-0.4, -0.2) is 22.7 Å². The van der Waals surface area contributed by atoms with Gasteiger partial charge in [0.15, 0.2) is 0 Å². The van der Waals surface area contributed by atoms with E-state index in [-0.39, 0.29) is 11.5 Å². The molecule has 0 radical (unpaired) electrons. The van der Waals surface area contributed by atoms with Gasteiger partial charge in [0.2, 0.25) is 0 Å². The van der Waals surface area contributed by atoms with Gasteiger partial charge in [-0.3, -0.25) is 10.1 Å². The van der Waals surface area contributed by atoms with Crippen molar-refractivity contribution in [1.29, 1.82) is 0 Å². The molecule has 22 heavy (non-hydrogen) atoms. The quantitative estimate of drug-likeness (QED) is 0.729. The molecule has 0 heterocycles. The Morgan fingerprint density at radius 1 is 1.09 bits per heavy atom. The van der Waals surface area contributed by atoms with Gasteiger partial charge >= 0.3 is 5.97 Å². The summed E-state index contributed by atoms with van der Waals surface area (Å²) in [7, 11) is 0.